The van der Waals surface area contributed by atoms with Gasteiger partial charge < -0.3 is 20.7 Å². The molecule has 5 heterocycles. The lowest BCUT2D eigenvalue weighted by molar-refractivity contribution is -0.132. The lowest BCUT2D eigenvalue weighted by Crippen LogP contribution is -2.45. The molecule has 2 aliphatic rings. The van der Waals surface area contributed by atoms with E-state index < -0.39 is 4.75 Å². The lowest BCUT2D eigenvalue weighted by atomic mass is 9.98. The highest BCUT2D eigenvalue weighted by molar-refractivity contribution is 8.00. The fourth-order valence-corrected chi connectivity index (χ4v) is 7.36. The van der Waals surface area contributed by atoms with Gasteiger partial charge in [0.05, 0.1) is 18.2 Å². The van der Waals surface area contributed by atoms with Gasteiger partial charge in [-0.25, -0.2) is 4.98 Å². The molecule has 2 aromatic carbocycles. The molecule has 14 heteroatoms. The first-order valence-electron chi connectivity index (χ1n) is 16.7. The summed E-state index contributed by atoms with van der Waals surface area (Å²) in [6, 6.07) is 17.6. The third-order valence-electron chi connectivity index (χ3n) is 9.25. The Morgan fingerprint density at radius 2 is 1.84 bits per heavy atom. The number of thioether (sulfide) groups is 1. The van der Waals surface area contributed by atoms with E-state index in [9.17, 15) is 9.59 Å². The summed E-state index contributed by atoms with van der Waals surface area (Å²) in [6.45, 7) is 6.58. The number of nitrogens with zero attached hydrogens (tertiary/aromatic N) is 6. The van der Waals surface area contributed by atoms with Crippen LogP contribution in [0.1, 0.15) is 32.3 Å². The summed E-state index contributed by atoms with van der Waals surface area (Å²) in [7, 11) is 0. The third-order valence-corrected chi connectivity index (χ3v) is 10.6. The lowest BCUT2D eigenvalue weighted by Gasteiger charge is -2.29. The summed E-state index contributed by atoms with van der Waals surface area (Å²) in [5.74, 6) is 1.41. The molecule has 1 atom stereocenters. The fraction of sp³-hybridized carbons (Fsp3) is 0.333. The molecule has 0 saturated carbocycles. The molecule has 7 rings (SSSR count). The maximum absolute atomic E-state index is 13.8. The number of carbonyl (C=O) groups is 2. The Labute approximate surface area is 294 Å². The van der Waals surface area contributed by atoms with Crippen LogP contribution >= 0.6 is 11.8 Å². The van der Waals surface area contributed by atoms with Crippen LogP contribution < -0.4 is 15.8 Å². The predicted molar refractivity (Wildman–Crippen MR) is 196 cm³/mol. The summed E-state index contributed by atoms with van der Waals surface area (Å²) in [6.07, 6.45) is 7.30. The number of nitrogens with one attached hydrogen (secondary N) is 3. The zero-order valence-electron chi connectivity index (χ0n) is 28.3. The number of aromatic nitrogens is 6. The van der Waals surface area contributed by atoms with E-state index in [1.165, 1.54) is 5.57 Å². The molecule has 0 radical (unpaired) electrons. The van der Waals surface area contributed by atoms with Gasteiger partial charge in [-0.3, -0.25) is 24.7 Å². The van der Waals surface area contributed by atoms with Gasteiger partial charge in [-0.2, -0.15) is 10.1 Å². The first kappa shape index (κ1) is 33.3. The van der Waals surface area contributed by atoms with Gasteiger partial charge in [-0.1, -0.05) is 30.3 Å². The number of amides is 2. The van der Waals surface area contributed by atoms with Crippen molar-refractivity contribution in [2.45, 2.75) is 37.5 Å². The van der Waals surface area contributed by atoms with Gasteiger partial charge >= 0.3 is 0 Å². The highest BCUT2D eigenvalue weighted by Crippen LogP contribution is 2.36. The summed E-state index contributed by atoms with van der Waals surface area (Å²) < 4.78 is 5.01. The number of rotatable bonds is 10. The number of likely N-dealkylation sites (tertiary alicyclic amines) is 1. The Balaban J connectivity index is 0.955. The normalized spacial score (nSPS) is 18.1. The molecule has 0 spiro atoms. The Hall–Kier alpha value is -5.21. The minimum Gasteiger partial charge on any atom is -0.475 e. The Morgan fingerprint density at radius 1 is 1.04 bits per heavy atom. The van der Waals surface area contributed by atoms with E-state index in [2.05, 4.69) is 58.8 Å². The van der Waals surface area contributed by atoms with Gasteiger partial charge in [0.25, 0.3) is 0 Å². The van der Waals surface area contributed by atoms with E-state index in [1.54, 1.807) is 18.0 Å². The molecule has 1 saturated heterocycles. The first-order valence-corrected chi connectivity index (χ1v) is 17.9. The monoisotopic (exact) mass is 692 g/mol. The molecule has 3 aromatic heterocycles. The van der Waals surface area contributed by atoms with Crippen molar-refractivity contribution in [3.8, 4) is 28.5 Å². The largest absolute Gasteiger partial charge is 0.475 e. The van der Waals surface area contributed by atoms with E-state index in [4.69, 9.17) is 10.5 Å². The summed E-state index contributed by atoms with van der Waals surface area (Å²) in [5.41, 5.74) is 12.0. The minimum atomic E-state index is -0.664. The SMILES string of the molecule is CSC1(C(=O)Nc2ccc3[nH]nc(-c4ccc(OC(C)C)nc4)c3c2)CCN(CC(=O)N2CC=C(c3ccc(-c4nc(N)n[nH]4)cc3)CC2)C1. The van der Waals surface area contributed by atoms with Crippen LogP contribution in [0.15, 0.2) is 66.9 Å². The number of nitrogens with two attached hydrogens (primary N) is 1. The van der Waals surface area contributed by atoms with E-state index in [1.807, 2.05) is 67.5 Å². The zero-order valence-corrected chi connectivity index (χ0v) is 29.1. The number of ether oxygens (including phenoxy) is 1. The van der Waals surface area contributed by atoms with Crippen molar-refractivity contribution < 1.29 is 14.3 Å². The zero-order chi connectivity index (χ0) is 34.8. The number of benzene rings is 2. The van der Waals surface area contributed by atoms with Crippen molar-refractivity contribution in [3.05, 3.63) is 72.4 Å². The summed E-state index contributed by atoms with van der Waals surface area (Å²) >= 11 is 1.54. The first-order chi connectivity index (χ1) is 24.2. The molecule has 1 unspecified atom stereocenters. The number of hydrogen-bond donors (Lipinski definition) is 4. The van der Waals surface area contributed by atoms with Crippen molar-refractivity contribution in [1.29, 1.82) is 0 Å². The van der Waals surface area contributed by atoms with Crippen molar-refractivity contribution in [3.63, 3.8) is 0 Å². The van der Waals surface area contributed by atoms with Gasteiger partial charge in [-0.15, -0.1) is 16.9 Å². The number of aromatic amines is 2. The van der Waals surface area contributed by atoms with E-state index in [-0.39, 0.29) is 30.4 Å². The molecule has 0 bridgehead atoms. The van der Waals surface area contributed by atoms with E-state index in [0.717, 1.165) is 39.7 Å². The smallest absolute Gasteiger partial charge is 0.241 e. The summed E-state index contributed by atoms with van der Waals surface area (Å²) in [5, 5.41) is 18.4. The van der Waals surface area contributed by atoms with Crippen LogP contribution in [0.25, 0.3) is 39.1 Å². The van der Waals surface area contributed by atoms with Crippen LogP contribution in [0, 0.1) is 0 Å². The molecule has 258 valence electrons. The molecule has 2 aliphatic heterocycles. The summed E-state index contributed by atoms with van der Waals surface area (Å²) in [4.78, 5) is 39.8. The number of nitrogen functional groups attached to an aromatic ring is 1. The fourth-order valence-electron chi connectivity index (χ4n) is 6.52. The molecule has 2 amide bonds. The number of H-pyrrole nitrogens is 2. The van der Waals surface area contributed by atoms with Crippen LogP contribution in [0.2, 0.25) is 0 Å². The molecule has 1 fully saturated rings. The Kier molecular flexibility index (Phi) is 9.29. The van der Waals surface area contributed by atoms with Crippen LogP contribution in [0.4, 0.5) is 11.6 Å². The van der Waals surface area contributed by atoms with Gasteiger partial charge in [0, 0.05) is 60.6 Å². The van der Waals surface area contributed by atoms with Crippen LogP contribution in [-0.4, -0.2) is 102 Å². The maximum atomic E-state index is 13.8. The average molecular weight is 693 g/mol. The van der Waals surface area contributed by atoms with Crippen LogP contribution in [0.3, 0.4) is 0 Å². The minimum absolute atomic E-state index is 0.0354. The van der Waals surface area contributed by atoms with Crippen LogP contribution in [0.5, 0.6) is 5.88 Å². The molecule has 5 N–H and O–H groups in total. The molecule has 50 heavy (non-hydrogen) atoms. The number of fused-ring (bicyclic) bond motifs is 1. The highest BCUT2D eigenvalue weighted by Gasteiger charge is 2.44. The van der Waals surface area contributed by atoms with Crippen LogP contribution in [-0.2, 0) is 9.59 Å². The van der Waals surface area contributed by atoms with E-state index in [0.29, 0.717) is 50.0 Å². The van der Waals surface area contributed by atoms with Crippen molar-refractivity contribution in [2.75, 3.05) is 50.0 Å². The number of carbonyl (C=O) groups excluding carboxylic acids is 2. The van der Waals surface area contributed by atoms with Crippen molar-refractivity contribution in [1.82, 2.24) is 40.2 Å². The van der Waals surface area contributed by atoms with Crippen molar-refractivity contribution in [2.24, 2.45) is 0 Å². The standard InChI is InChI=1S/C36H40N10O3S/c1-22(2)49-30-11-8-26(19-38-30)32-28-18-27(9-10-29(28)41-42-32)39-34(48)36(50-3)14-17-45(21-36)20-31(47)46-15-12-24(13-16-46)23-4-6-25(7-5-23)33-40-35(37)44-43-33/h4-12,18-19,22H,13-17,20-21H2,1-3H3,(H,39,48)(H,41,42)(H3,37,40,43,44). The van der Waals surface area contributed by atoms with E-state index >= 15 is 0 Å². The Morgan fingerprint density at radius 3 is 2.52 bits per heavy atom. The third kappa shape index (κ3) is 6.94. The quantitative estimate of drug-likeness (QED) is 0.159. The number of pyridine rings is 1. The number of anilines is 2. The van der Waals surface area contributed by atoms with Gasteiger partial charge in [0.15, 0.2) is 5.82 Å². The number of hydrogen-bond acceptors (Lipinski definition) is 10. The van der Waals surface area contributed by atoms with Gasteiger partial charge in [0.1, 0.15) is 10.4 Å². The molecule has 5 aromatic rings. The second-order valence-corrected chi connectivity index (χ2v) is 14.1. The molecular weight excluding hydrogens is 653 g/mol. The predicted octanol–water partition coefficient (Wildman–Crippen LogP) is 4.84. The topological polar surface area (TPSA) is 171 Å². The van der Waals surface area contributed by atoms with Crippen molar-refractivity contribution >= 4 is 51.7 Å². The highest BCUT2D eigenvalue weighted by atomic mass is 32.2. The maximum Gasteiger partial charge on any atom is 0.241 e. The second-order valence-electron chi connectivity index (χ2n) is 12.9. The molecule has 0 aliphatic carbocycles. The van der Waals surface area contributed by atoms with Gasteiger partial charge in [-0.05, 0) is 68.3 Å². The molecular formula is C36H40N10O3S. The molecule has 13 nitrogen and oxygen atoms in total. The van der Waals surface area contributed by atoms with Gasteiger partial charge in [0.2, 0.25) is 23.6 Å². The Bertz CT molecular complexity index is 2040. The average Bonchev–Trinajstić information content (AvgIpc) is 3.87. The second kappa shape index (κ2) is 14.0.